The second-order valence-electron chi connectivity index (χ2n) is 0.577. The summed E-state index contributed by atoms with van der Waals surface area (Å²) >= 11 is 2.06. The maximum Gasteiger partial charge on any atom is 0.0673 e. The van der Waals surface area contributed by atoms with Crippen LogP contribution in [0, 0.1) is 0 Å². The molecule has 0 aromatic heterocycles. The SMILES string of the molecule is CS[SiH2][SiH3]. The normalized spacial score (nSPS) is 11.2. The van der Waals surface area contributed by atoms with Crippen LogP contribution in [0.1, 0.15) is 0 Å². The quantitative estimate of drug-likeness (QED) is 0.377. The minimum absolute atomic E-state index is 0.480. The Kier molecular flexibility index (Phi) is 4.53. The first kappa shape index (κ1) is 4.78. The fourth-order valence-corrected chi connectivity index (χ4v) is 0. The molecule has 0 aliphatic carbocycles. The Morgan fingerprint density at radius 3 is 2.25 bits per heavy atom. The molecule has 0 unspecified atom stereocenters. The lowest BCUT2D eigenvalue weighted by atomic mass is 12.0. The van der Waals surface area contributed by atoms with Crippen LogP contribution in [0.2, 0.25) is 0 Å². The summed E-state index contributed by atoms with van der Waals surface area (Å²) in [6, 6.07) is 0. The molecular weight excluding hydrogens is 100 g/mol. The van der Waals surface area contributed by atoms with Gasteiger partial charge in [-0.3, -0.25) is 0 Å². The largest absolute Gasteiger partial charge is 0.201 e. The molecule has 0 nitrogen and oxygen atoms in total. The maximum atomic E-state index is 2.19. The Balaban J connectivity index is 1.97. The highest BCUT2D eigenvalue weighted by atomic mass is 32.4. The molecule has 0 heterocycles. The van der Waals surface area contributed by atoms with E-state index < -0.39 is 0 Å². The van der Waals surface area contributed by atoms with Gasteiger partial charge in [0.1, 0.15) is 0 Å². The fourth-order valence-electron chi connectivity index (χ4n) is 0. The summed E-state index contributed by atoms with van der Waals surface area (Å²) in [7, 11) is 1.97. The van der Waals surface area contributed by atoms with Crippen molar-refractivity contribution < 1.29 is 0 Å². The zero-order valence-electron chi connectivity index (χ0n) is 3.12. The van der Waals surface area contributed by atoms with Gasteiger partial charge in [0.05, 0.1) is 8.19 Å². The summed E-state index contributed by atoms with van der Waals surface area (Å²) < 4.78 is 0. The first-order valence-electron chi connectivity index (χ1n) is 1.40. The van der Waals surface area contributed by atoms with E-state index in [0.29, 0.717) is 8.19 Å². The van der Waals surface area contributed by atoms with Gasteiger partial charge >= 0.3 is 0 Å². The van der Waals surface area contributed by atoms with Crippen molar-refractivity contribution in [1.82, 2.24) is 0 Å². The minimum atomic E-state index is 0.480. The van der Waals surface area contributed by atoms with Crippen molar-refractivity contribution in [2.75, 3.05) is 6.26 Å². The molecule has 0 bridgehead atoms. The summed E-state index contributed by atoms with van der Waals surface area (Å²) in [5, 5.41) is 0. The molecule has 0 rings (SSSR count). The van der Waals surface area contributed by atoms with E-state index in [-0.39, 0.29) is 0 Å². The van der Waals surface area contributed by atoms with E-state index in [1.54, 1.807) is 0 Å². The second kappa shape index (κ2) is 3.78. The Morgan fingerprint density at radius 2 is 2.25 bits per heavy atom. The van der Waals surface area contributed by atoms with Crippen LogP contribution >= 0.6 is 11.2 Å². The predicted molar refractivity (Wildman–Crippen MR) is 32.0 cm³/mol. The molecular formula is CH8SSi2. The van der Waals surface area contributed by atoms with Crippen LogP contribution in [-0.2, 0) is 0 Å². The number of hydrogen-bond donors (Lipinski definition) is 0. The lowest BCUT2D eigenvalue weighted by molar-refractivity contribution is 2.54. The molecule has 0 amide bonds. The molecule has 0 aliphatic rings. The summed E-state index contributed by atoms with van der Waals surface area (Å²) in [5.41, 5.74) is 0. The van der Waals surface area contributed by atoms with Crippen LogP contribution in [0.15, 0.2) is 0 Å². The molecule has 0 atom stereocenters. The van der Waals surface area contributed by atoms with Crippen molar-refractivity contribution in [3.8, 4) is 0 Å². The van der Waals surface area contributed by atoms with E-state index in [1.165, 1.54) is 9.76 Å². The monoisotopic (exact) mass is 108 g/mol. The lowest BCUT2D eigenvalue weighted by Crippen LogP contribution is -1.72. The fraction of sp³-hybridized carbons (Fsp3) is 1.00. The average Bonchev–Trinajstić information content (AvgIpc) is 1.37. The van der Waals surface area contributed by atoms with Crippen molar-refractivity contribution in [2.24, 2.45) is 0 Å². The van der Waals surface area contributed by atoms with Crippen LogP contribution in [0.25, 0.3) is 0 Å². The Hall–Kier alpha value is 0.784. The standard InChI is InChI=1S/CH8SSi2/c1-2-4-3/h4H2,1,3H3. The van der Waals surface area contributed by atoms with Crippen LogP contribution in [0.3, 0.4) is 0 Å². The smallest absolute Gasteiger partial charge is 0.0673 e. The third-order valence-corrected chi connectivity index (χ3v) is 7.79. The number of rotatable bonds is 1. The predicted octanol–water partition coefficient (Wildman–Crippen LogP) is -1.29. The maximum absolute atomic E-state index is 2.19. The molecule has 0 aromatic rings. The Labute approximate surface area is 36.0 Å². The van der Waals surface area contributed by atoms with Crippen LogP contribution in [0.5, 0.6) is 0 Å². The van der Waals surface area contributed by atoms with Crippen LogP contribution < -0.4 is 0 Å². The van der Waals surface area contributed by atoms with E-state index in [9.17, 15) is 0 Å². The molecule has 0 fully saturated rings. The minimum Gasteiger partial charge on any atom is -0.201 e. The van der Waals surface area contributed by atoms with Crippen molar-refractivity contribution >= 4 is 29.2 Å². The topological polar surface area (TPSA) is 0 Å². The van der Waals surface area contributed by atoms with Gasteiger partial charge < -0.3 is 0 Å². The summed E-state index contributed by atoms with van der Waals surface area (Å²) in [6.45, 7) is 0. The molecule has 0 radical (unpaired) electrons. The molecule has 26 valence electrons. The second-order valence-corrected chi connectivity index (χ2v) is 10.4. The summed E-state index contributed by atoms with van der Waals surface area (Å²) in [6.07, 6.45) is 2.19. The Morgan fingerprint density at radius 1 is 2.00 bits per heavy atom. The van der Waals surface area contributed by atoms with E-state index in [4.69, 9.17) is 0 Å². The zero-order valence-corrected chi connectivity index (χ0v) is 7.35. The Bertz CT molecular complexity index is 8.00. The van der Waals surface area contributed by atoms with E-state index in [1.807, 2.05) is 0 Å². The van der Waals surface area contributed by atoms with Gasteiger partial charge in [-0.15, -0.1) is 0 Å². The van der Waals surface area contributed by atoms with Gasteiger partial charge in [-0.1, -0.05) is 0 Å². The highest BCUT2D eigenvalue weighted by molar-refractivity contribution is 8.25. The lowest BCUT2D eigenvalue weighted by Gasteiger charge is -1.68. The van der Waals surface area contributed by atoms with Gasteiger partial charge in [0.25, 0.3) is 0 Å². The first-order valence-corrected chi connectivity index (χ1v) is 10.2. The molecule has 0 aromatic carbocycles. The van der Waals surface area contributed by atoms with Gasteiger partial charge in [0, 0.05) is 9.76 Å². The van der Waals surface area contributed by atoms with E-state index in [2.05, 4.69) is 17.5 Å². The molecule has 4 heavy (non-hydrogen) atoms. The van der Waals surface area contributed by atoms with Crippen molar-refractivity contribution in [3.05, 3.63) is 0 Å². The molecule has 0 N–H and O–H groups in total. The summed E-state index contributed by atoms with van der Waals surface area (Å²) in [4.78, 5) is 0. The first-order chi connectivity index (χ1) is 1.91. The highest BCUT2D eigenvalue weighted by Gasteiger charge is 1.58. The van der Waals surface area contributed by atoms with Gasteiger partial charge in [0.15, 0.2) is 0 Å². The molecule has 0 saturated heterocycles. The third kappa shape index (κ3) is 2.78. The highest BCUT2D eigenvalue weighted by Crippen LogP contribution is 1.76. The van der Waals surface area contributed by atoms with Crippen molar-refractivity contribution in [3.63, 3.8) is 0 Å². The van der Waals surface area contributed by atoms with Crippen molar-refractivity contribution in [2.45, 2.75) is 0 Å². The molecule has 0 spiro atoms. The van der Waals surface area contributed by atoms with Crippen molar-refractivity contribution in [1.29, 1.82) is 0 Å². The zero-order chi connectivity index (χ0) is 3.41. The van der Waals surface area contributed by atoms with Gasteiger partial charge in [-0.2, -0.15) is 0 Å². The number of hydrogen-bond acceptors (Lipinski definition) is 1. The van der Waals surface area contributed by atoms with Crippen LogP contribution in [-0.4, -0.2) is 24.2 Å². The van der Waals surface area contributed by atoms with Crippen LogP contribution in [0.4, 0.5) is 0 Å². The average molecular weight is 108 g/mol. The molecule has 0 aliphatic heterocycles. The van der Waals surface area contributed by atoms with E-state index >= 15 is 0 Å². The summed E-state index contributed by atoms with van der Waals surface area (Å²) in [5.74, 6) is 0. The van der Waals surface area contributed by atoms with Gasteiger partial charge in [0.2, 0.25) is 0 Å². The van der Waals surface area contributed by atoms with E-state index in [0.717, 1.165) is 0 Å². The molecule has 0 saturated carbocycles. The van der Waals surface area contributed by atoms with Gasteiger partial charge in [-0.05, 0) is 6.26 Å². The third-order valence-electron chi connectivity index (χ3n) is 0.289. The van der Waals surface area contributed by atoms with Gasteiger partial charge in [-0.25, -0.2) is 11.2 Å². The molecule has 3 heteroatoms.